The van der Waals surface area contributed by atoms with E-state index in [2.05, 4.69) is 167 Å². The lowest BCUT2D eigenvalue weighted by molar-refractivity contribution is 0.251. The van der Waals surface area contributed by atoms with Gasteiger partial charge in [-0.2, -0.15) is 0 Å². The summed E-state index contributed by atoms with van der Waals surface area (Å²) in [7, 11) is -19.9. The molecule has 7 aromatic carbocycles. The maximum atomic E-state index is 7.30. The molecule has 2 saturated heterocycles. The minimum absolute atomic E-state index is 1.08. The van der Waals surface area contributed by atoms with E-state index in [1.807, 2.05) is 91.0 Å². The molecule has 0 saturated carbocycles. The third kappa shape index (κ3) is 9.75. The van der Waals surface area contributed by atoms with Crippen molar-refractivity contribution in [2.75, 3.05) is 0 Å². The van der Waals surface area contributed by atoms with Crippen LogP contribution in [0, 0.1) is 0 Å². The van der Waals surface area contributed by atoms with E-state index in [1.54, 1.807) is 0 Å². The first-order valence-corrected chi connectivity index (χ1v) is 37.7. The SMILES string of the molecule is C[Si]1(c2ccccc2)O[Si](C)(c2ccccc2)O[Si](C)(c2ccccc2)O1.C[Si]1(c2ccccc2)O[Si](C)(c2ccccc2)O[Si](C)(c2ccccc2)O[Si](C)(c2ccccc2)O1. The number of benzene rings is 7. The molecule has 2 aliphatic rings. The molecule has 0 spiro atoms. The highest BCUT2D eigenvalue weighted by atomic mass is 28.5. The van der Waals surface area contributed by atoms with Gasteiger partial charge < -0.3 is 28.8 Å². The van der Waals surface area contributed by atoms with Crippen molar-refractivity contribution >= 4 is 96.2 Å². The minimum Gasteiger partial charge on any atom is -0.409 e. The summed E-state index contributed by atoms with van der Waals surface area (Å²) in [6, 6.07) is 72.5. The van der Waals surface area contributed by atoms with Gasteiger partial charge in [-0.3, -0.25) is 0 Å². The van der Waals surface area contributed by atoms with Crippen LogP contribution < -0.4 is 36.3 Å². The van der Waals surface area contributed by atoms with Crippen LogP contribution in [-0.2, 0) is 28.8 Å². The van der Waals surface area contributed by atoms with Crippen molar-refractivity contribution in [3.63, 3.8) is 0 Å². The van der Waals surface area contributed by atoms with Crippen LogP contribution in [0.1, 0.15) is 0 Å². The molecule has 63 heavy (non-hydrogen) atoms. The zero-order valence-electron chi connectivity index (χ0n) is 37.1. The Hall–Kier alpha value is -4.22. The number of hydrogen-bond donors (Lipinski definition) is 0. The first-order chi connectivity index (χ1) is 30.2. The van der Waals surface area contributed by atoms with Crippen molar-refractivity contribution in [3.05, 3.63) is 212 Å². The molecule has 7 aromatic rings. The van der Waals surface area contributed by atoms with Crippen LogP contribution in [0.25, 0.3) is 0 Å². The smallest absolute Gasteiger partial charge is 0.352 e. The van der Waals surface area contributed by atoms with Crippen LogP contribution in [0.4, 0.5) is 0 Å². The highest BCUT2D eigenvalue weighted by molar-refractivity contribution is 7.06. The summed E-state index contributed by atoms with van der Waals surface area (Å²) in [6.45, 7) is 15.1. The topological polar surface area (TPSA) is 64.6 Å². The lowest BCUT2D eigenvalue weighted by Gasteiger charge is -2.50. The highest BCUT2D eigenvalue weighted by Crippen LogP contribution is 2.33. The fraction of sp³-hybridized carbons (Fsp3) is 0.143. The van der Waals surface area contributed by atoms with Crippen LogP contribution in [0.3, 0.4) is 0 Å². The van der Waals surface area contributed by atoms with E-state index in [9.17, 15) is 0 Å². The van der Waals surface area contributed by atoms with Crippen molar-refractivity contribution in [1.82, 2.24) is 0 Å². The summed E-state index contributed by atoms with van der Waals surface area (Å²) < 4.78 is 49.6. The van der Waals surface area contributed by atoms with Gasteiger partial charge in [0.05, 0.1) is 0 Å². The standard InChI is InChI=1S/C28H32O4Si4.C21H24O3Si3/c1-33(25-17-9-5-10-18-25)29-34(2,26-19-11-6-12-20-26)31-36(4,28-23-15-8-16-24-28)32-35(3,30-33)27-21-13-7-14-22-27;1-25(19-13-7-4-8-14-19)22-26(2,20-15-9-5-10-16-20)24-27(3,23-25)21-17-11-6-12-18-21/h5-24H,1-4H3;4-18H,1-3H3. The summed E-state index contributed by atoms with van der Waals surface area (Å²) in [6.07, 6.45) is 0. The molecular weight excluding hydrogens is 897 g/mol. The molecule has 0 aliphatic carbocycles. The second-order valence-electron chi connectivity index (χ2n) is 16.9. The highest BCUT2D eigenvalue weighted by Gasteiger charge is 2.61. The molecule has 9 rings (SSSR count). The maximum Gasteiger partial charge on any atom is 0.352 e. The Balaban J connectivity index is 0.000000180. The van der Waals surface area contributed by atoms with Gasteiger partial charge in [-0.05, 0) is 82.1 Å². The van der Waals surface area contributed by atoms with Crippen LogP contribution in [0.15, 0.2) is 212 Å². The van der Waals surface area contributed by atoms with E-state index in [1.165, 1.54) is 0 Å². The van der Waals surface area contributed by atoms with Crippen molar-refractivity contribution < 1.29 is 28.8 Å². The van der Waals surface area contributed by atoms with Gasteiger partial charge in [-0.1, -0.05) is 212 Å². The molecule has 0 aromatic heterocycles. The van der Waals surface area contributed by atoms with Gasteiger partial charge in [0.1, 0.15) is 0 Å². The predicted molar refractivity (Wildman–Crippen MR) is 271 cm³/mol. The molecule has 0 amide bonds. The average molecular weight is 954 g/mol. The molecule has 0 radical (unpaired) electrons. The fourth-order valence-corrected chi connectivity index (χ4v) is 45.5. The third-order valence-corrected chi connectivity index (χ3v) is 43.3. The summed E-state index contributed by atoms with van der Waals surface area (Å²) in [5.74, 6) is 0. The quantitative estimate of drug-likeness (QED) is 0.160. The first kappa shape index (κ1) is 45.4. The molecule has 7 nitrogen and oxygen atoms in total. The fourth-order valence-electron chi connectivity index (χ4n) is 8.76. The summed E-state index contributed by atoms with van der Waals surface area (Å²) >= 11 is 0. The molecule has 2 fully saturated rings. The zero-order chi connectivity index (χ0) is 44.2. The summed E-state index contributed by atoms with van der Waals surface area (Å²) in [5, 5.41) is 7.75. The Kier molecular flexibility index (Phi) is 13.2. The van der Waals surface area contributed by atoms with Crippen LogP contribution in [0.5, 0.6) is 0 Å². The van der Waals surface area contributed by atoms with E-state index in [4.69, 9.17) is 28.8 Å². The minimum atomic E-state index is -3.00. The van der Waals surface area contributed by atoms with Gasteiger partial charge in [-0.15, -0.1) is 0 Å². The van der Waals surface area contributed by atoms with E-state index in [-0.39, 0.29) is 0 Å². The van der Waals surface area contributed by atoms with E-state index < -0.39 is 59.9 Å². The van der Waals surface area contributed by atoms with Crippen LogP contribution in [-0.4, -0.2) is 59.9 Å². The van der Waals surface area contributed by atoms with E-state index in [0.717, 1.165) is 36.3 Å². The Bertz CT molecular complexity index is 2210. The first-order valence-electron chi connectivity index (χ1n) is 21.5. The molecule has 0 bridgehead atoms. The van der Waals surface area contributed by atoms with Crippen LogP contribution in [0.2, 0.25) is 45.8 Å². The molecule has 0 unspecified atom stereocenters. The van der Waals surface area contributed by atoms with Gasteiger partial charge >= 0.3 is 59.9 Å². The molecule has 14 heteroatoms. The lowest BCUT2D eigenvalue weighted by Crippen LogP contribution is -2.77. The normalized spacial score (nSPS) is 30.8. The van der Waals surface area contributed by atoms with Crippen molar-refractivity contribution in [2.24, 2.45) is 0 Å². The third-order valence-electron chi connectivity index (χ3n) is 11.8. The van der Waals surface area contributed by atoms with Gasteiger partial charge in [0.25, 0.3) is 0 Å². The molecule has 0 atom stereocenters. The largest absolute Gasteiger partial charge is 0.409 e. The van der Waals surface area contributed by atoms with Gasteiger partial charge in [0, 0.05) is 0 Å². The summed E-state index contributed by atoms with van der Waals surface area (Å²) in [4.78, 5) is 0. The zero-order valence-corrected chi connectivity index (χ0v) is 44.1. The Labute approximate surface area is 381 Å². The van der Waals surface area contributed by atoms with Crippen molar-refractivity contribution in [2.45, 2.75) is 45.8 Å². The number of rotatable bonds is 7. The molecule has 2 aliphatic heterocycles. The molecular formula is C49H56O7Si7. The van der Waals surface area contributed by atoms with Crippen LogP contribution >= 0.6 is 0 Å². The predicted octanol–water partition coefficient (Wildman–Crippen LogP) is 6.97. The van der Waals surface area contributed by atoms with Gasteiger partial charge in [-0.25, -0.2) is 0 Å². The summed E-state index contributed by atoms with van der Waals surface area (Å²) in [5.41, 5.74) is 0. The van der Waals surface area contributed by atoms with Crippen molar-refractivity contribution in [3.8, 4) is 0 Å². The van der Waals surface area contributed by atoms with E-state index in [0.29, 0.717) is 0 Å². The average Bonchev–Trinajstić information content (AvgIpc) is 3.30. The molecule has 2 heterocycles. The Morgan fingerprint density at radius 1 is 0.175 bits per heavy atom. The molecule has 322 valence electrons. The second kappa shape index (κ2) is 18.3. The number of hydrogen-bond acceptors (Lipinski definition) is 7. The van der Waals surface area contributed by atoms with E-state index >= 15 is 0 Å². The second-order valence-corrected chi connectivity index (χ2v) is 39.9. The van der Waals surface area contributed by atoms with Gasteiger partial charge in [0.15, 0.2) is 0 Å². The maximum absolute atomic E-state index is 7.30. The lowest BCUT2D eigenvalue weighted by atomic mass is 10.4. The van der Waals surface area contributed by atoms with Gasteiger partial charge in [0.2, 0.25) is 0 Å². The Morgan fingerprint density at radius 2 is 0.270 bits per heavy atom. The van der Waals surface area contributed by atoms with Crippen molar-refractivity contribution in [1.29, 1.82) is 0 Å². The molecule has 0 N–H and O–H groups in total. The Morgan fingerprint density at radius 3 is 0.365 bits per heavy atom. The monoisotopic (exact) mass is 952 g/mol.